The molecular formula is C8H14ClN3O2S. The maximum atomic E-state index is 9.19. The quantitative estimate of drug-likeness (QED) is 0.682. The highest BCUT2D eigenvalue weighted by Crippen LogP contribution is 2.03. The Morgan fingerprint density at radius 3 is 2.07 bits per heavy atom. The van der Waals surface area contributed by atoms with Crippen molar-refractivity contribution in [1.29, 1.82) is 0 Å². The molecule has 15 heavy (non-hydrogen) atoms. The molecule has 0 fully saturated rings. The van der Waals surface area contributed by atoms with Gasteiger partial charge in [0.05, 0.1) is 0 Å². The molecule has 0 saturated heterocycles. The Balaban J connectivity index is 0.000000336. The summed E-state index contributed by atoms with van der Waals surface area (Å²) in [7, 11) is -3.67. The number of halogens is 1. The molecule has 0 aromatic heterocycles. The second-order valence-electron chi connectivity index (χ2n) is 2.57. The van der Waals surface area contributed by atoms with Gasteiger partial charge in [-0.1, -0.05) is 18.2 Å². The molecule has 0 saturated carbocycles. The van der Waals surface area contributed by atoms with Gasteiger partial charge in [-0.05, 0) is 12.1 Å². The standard InChI is InChI=1S/C8H10ClN.H4N2O2S/c9-6-7-10-8-4-2-1-3-5-8;1-5(2,3)4/h1-5,10H,6-7H2;(H4,1,2,3,4). The summed E-state index contributed by atoms with van der Waals surface area (Å²) in [6, 6.07) is 10.0. The molecule has 0 bridgehead atoms. The van der Waals surface area contributed by atoms with Crippen molar-refractivity contribution in [3.05, 3.63) is 30.3 Å². The van der Waals surface area contributed by atoms with E-state index in [1.807, 2.05) is 30.3 Å². The molecule has 0 aliphatic heterocycles. The summed E-state index contributed by atoms with van der Waals surface area (Å²) in [5, 5.41) is 11.4. The molecule has 0 spiro atoms. The Morgan fingerprint density at radius 1 is 1.20 bits per heavy atom. The van der Waals surface area contributed by atoms with Gasteiger partial charge in [-0.3, -0.25) is 0 Å². The molecule has 7 heteroatoms. The van der Waals surface area contributed by atoms with Crippen LogP contribution < -0.4 is 15.6 Å². The van der Waals surface area contributed by atoms with Crippen molar-refractivity contribution >= 4 is 27.5 Å². The number of nitrogens with two attached hydrogens (primary N) is 2. The van der Waals surface area contributed by atoms with Gasteiger partial charge >= 0.3 is 0 Å². The van der Waals surface area contributed by atoms with Gasteiger partial charge in [0.15, 0.2) is 0 Å². The lowest BCUT2D eigenvalue weighted by Gasteiger charge is -2.01. The summed E-state index contributed by atoms with van der Waals surface area (Å²) in [4.78, 5) is 0. The third-order valence-corrected chi connectivity index (χ3v) is 1.39. The van der Waals surface area contributed by atoms with Gasteiger partial charge in [0.25, 0.3) is 10.2 Å². The first-order valence-corrected chi connectivity index (χ1v) is 6.23. The van der Waals surface area contributed by atoms with Crippen LogP contribution in [0.15, 0.2) is 30.3 Å². The van der Waals surface area contributed by atoms with Crippen LogP contribution >= 0.6 is 11.6 Å². The summed E-state index contributed by atoms with van der Waals surface area (Å²) in [6.45, 7) is 0.825. The van der Waals surface area contributed by atoms with E-state index in [9.17, 15) is 8.42 Å². The summed E-state index contributed by atoms with van der Waals surface area (Å²) >= 11 is 5.49. The zero-order valence-corrected chi connectivity index (χ0v) is 9.63. The second-order valence-corrected chi connectivity index (χ2v) is 4.13. The Kier molecular flexibility index (Phi) is 7.06. The third-order valence-electron chi connectivity index (χ3n) is 1.20. The molecule has 1 aromatic rings. The minimum atomic E-state index is -3.67. The topological polar surface area (TPSA) is 98.2 Å². The van der Waals surface area contributed by atoms with Gasteiger partial charge in [-0.2, -0.15) is 8.42 Å². The van der Waals surface area contributed by atoms with E-state index in [-0.39, 0.29) is 0 Å². The molecule has 5 nitrogen and oxygen atoms in total. The first-order valence-electron chi connectivity index (χ1n) is 4.09. The number of hydrogen-bond acceptors (Lipinski definition) is 3. The fourth-order valence-corrected chi connectivity index (χ4v) is 0.842. The number of nitrogens with one attached hydrogen (secondary N) is 1. The molecule has 0 amide bonds. The van der Waals surface area contributed by atoms with Crippen molar-refractivity contribution < 1.29 is 8.42 Å². The SMILES string of the molecule is ClCCNc1ccccc1.NS(N)(=O)=O. The first kappa shape index (κ1) is 14.2. The lowest BCUT2D eigenvalue weighted by molar-refractivity contribution is 0.599. The molecule has 0 radical (unpaired) electrons. The lowest BCUT2D eigenvalue weighted by atomic mass is 10.3. The second kappa shape index (κ2) is 7.47. The van der Waals surface area contributed by atoms with E-state index in [0.717, 1.165) is 12.2 Å². The van der Waals surface area contributed by atoms with E-state index in [0.29, 0.717) is 5.88 Å². The van der Waals surface area contributed by atoms with Crippen LogP contribution in [-0.4, -0.2) is 20.8 Å². The van der Waals surface area contributed by atoms with Crippen molar-refractivity contribution in [3.8, 4) is 0 Å². The summed E-state index contributed by atoms with van der Waals surface area (Å²) in [5.41, 5.74) is 1.13. The summed E-state index contributed by atoms with van der Waals surface area (Å²) in [6.07, 6.45) is 0. The van der Waals surface area contributed by atoms with Gasteiger partial charge in [0.1, 0.15) is 0 Å². The number of anilines is 1. The fourth-order valence-electron chi connectivity index (χ4n) is 0.748. The van der Waals surface area contributed by atoms with Crippen LogP contribution in [0, 0.1) is 0 Å². The van der Waals surface area contributed by atoms with E-state index in [1.165, 1.54) is 0 Å². The minimum absolute atomic E-state index is 0.648. The molecule has 0 heterocycles. The van der Waals surface area contributed by atoms with Gasteiger partial charge in [-0.15, -0.1) is 11.6 Å². The van der Waals surface area contributed by atoms with E-state index in [4.69, 9.17) is 11.6 Å². The average molecular weight is 252 g/mol. The predicted octanol–water partition coefficient (Wildman–Crippen LogP) is 0.486. The third kappa shape index (κ3) is 13.2. The monoisotopic (exact) mass is 251 g/mol. The van der Waals surface area contributed by atoms with Gasteiger partial charge in [-0.25, -0.2) is 10.3 Å². The van der Waals surface area contributed by atoms with Crippen LogP contribution in [0.25, 0.3) is 0 Å². The van der Waals surface area contributed by atoms with E-state index >= 15 is 0 Å². The van der Waals surface area contributed by atoms with Crippen LogP contribution in [0.4, 0.5) is 5.69 Å². The molecule has 1 aromatic carbocycles. The number of alkyl halides is 1. The van der Waals surface area contributed by atoms with Crippen LogP contribution in [-0.2, 0) is 10.2 Å². The van der Waals surface area contributed by atoms with Crippen molar-refractivity contribution in [2.24, 2.45) is 10.3 Å². The molecule has 5 N–H and O–H groups in total. The van der Waals surface area contributed by atoms with Gasteiger partial charge in [0.2, 0.25) is 0 Å². The predicted molar refractivity (Wildman–Crippen MR) is 62.9 cm³/mol. The highest BCUT2D eigenvalue weighted by molar-refractivity contribution is 7.86. The van der Waals surface area contributed by atoms with Crippen molar-refractivity contribution in [3.63, 3.8) is 0 Å². The Labute approximate surface area is 94.6 Å². The van der Waals surface area contributed by atoms with E-state index < -0.39 is 10.2 Å². The summed E-state index contributed by atoms with van der Waals surface area (Å²) in [5.74, 6) is 0.648. The maximum Gasteiger partial charge on any atom is 0.271 e. The van der Waals surface area contributed by atoms with Crippen LogP contribution in [0.2, 0.25) is 0 Å². The Morgan fingerprint density at radius 2 is 1.67 bits per heavy atom. The highest BCUT2D eigenvalue weighted by Gasteiger charge is 1.85. The molecule has 0 unspecified atom stereocenters. The van der Waals surface area contributed by atoms with Crippen LogP contribution in [0.3, 0.4) is 0 Å². The van der Waals surface area contributed by atoms with Crippen molar-refractivity contribution in [2.75, 3.05) is 17.7 Å². The zero-order chi connectivity index (χ0) is 11.7. The molecule has 0 aliphatic carbocycles. The molecule has 0 aliphatic rings. The smallest absolute Gasteiger partial charge is 0.271 e. The Bertz CT molecular complexity index is 347. The van der Waals surface area contributed by atoms with Gasteiger partial charge < -0.3 is 5.32 Å². The number of hydrogen-bond donors (Lipinski definition) is 3. The molecule has 0 atom stereocenters. The van der Waals surface area contributed by atoms with E-state index in [2.05, 4.69) is 15.6 Å². The molecule has 86 valence electrons. The van der Waals surface area contributed by atoms with Crippen LogP contribution in [0.5, 0.6) is 0 Å². The van der Waals surface area contributed by atoms with Gasteiger partial charge in [0, 0.05) is 18.1 Å². The molecular weight excluding hydrogens is 238 g/mol. The van der Waals surface area contributed by atoms with Crippen LogP contribution in [0.1, 0.15) is 0 Å². The average Bonchev–Trinajstić information content (AvgIpc) is 2.14. The molecule has 1 rings (SSSR count). The normalized spacial score (nSPS) is 10.1. The highest BCUT2D eigenvalue weighted by atomic mass is 35.5. The largest absolute Gasteiger partial charge is 0.384 e. The first-order chi connectivity index (χ1) is 6.93. The zero-order valence-electron chi connectivity index (χ0n) is 8.06. The maximum absolute atomic E-state index is 9.19. The fraction of sp³-hybridized carbons (Fsp3) is 0.250. The minimum Gasteiger partial charge on any atom is -0.384 e. The lowest BCUT2D eigenvalue weighted by Crippen LogP contribution is -2.21. The van der Waals surface area contributed by atoms with E-state index in [1.54, 1.807) is 0 Å². The summed E-state index contributed by atoms with van der Waals surface area (Å²) < 4.78 is 18.4. The van der Waals surface area contributed by atoms with Crippen molar-refractivity contribution in [2.45, 2.75) is 0 Å². The number of para-hydroxylation sites is 1. The van der Waals surface area contributed by atoms with Crippen molar-refractivity contribution in [1.82, 2.24) is 0 Å². The number of rotatable bonds is 3. The Hall–Kier alpha value is -0.820. The number of benzene rings is 1.